The molecule has 0 bridgehead atoms. The number of carbonyl (C=O) groups is 1. The molecule has 0 N–H and O–H groups in total. The molecule has 4 aromatic rings. The standard InChI is InChI=1S/C27H24F4N8O2/c1-15-13-38(6-7-39(15)26(40)41-16(2)27(29,30)31)25-23-20(17-8-18(28)12-33-11-17)4-5-21(24(23)34-14-35-25)22-9-19(10-32)37(3)36-22/h4-5,8-9,11-12,14-16H,6-7,13H2,1-3H3/t15?,16-/m0/s1. The number of aromatic nitrogens is 5. The number of nitriles is 1. The Morgan fingerprint density at radius 1 is 1.17 bits per heavy atom. The number of rotatable bonds is 4. The van der Waals surface area contributed by atoms with E-state index >= 15 is 0 Å². The molecule has 14 heteroatoms. The lowest BCUT2D eigenvalue weighted by Crippen LogP contribution is -2.55. The zero-order valence-corrected chi connectivity index (χ0v) is 22.2. The summed E-state index contributed by atoms with van der Waals surface area (Å²) in [5.41, 5.74) is 3.03. The van der Waals surface area contributed by atoms with Crippen LogP contribution in [0.15, 0.2) is 43.0 Å². The summed E-state index contributed by atoms with van der Waals surface area (Å²) in [4.78, 5) is 28.7. The monoisotopic (exact) mass is 568 g/mol. The number of benzene rings is 1. The van der Waals surface area contributed by atoms with Crippen molar-refractivity contribution in [3.8, 4) is 28.5 Å². The molecule has 0 radical (unpaired) electrons. The average molecular weight is 569 g/mol. The van der Waals surface area contributed by atoms with Crippen LogP contribution >= 0.6 is 0 Å². The minimum atomic E-state index is -4.66. The van der Waals surface area contributed by atoms with E-state index in [1.807, 2.05) is 4.90 Å². The molecule has 1 aliphatic rings. The number of ether oxygens (including phenoxy) is 1. The number of carbonyl (C=O) groups excluding carboxylic acids is 1. The van der Waals surface area contributed by atoms with Gasteiger partial charge in [0, 0.05) is 56.1 Å². The van der Waals surface area contributed by atoms with Crippen LogP contribution in [0.1, 0.15) is 19.5 Å². The molecular weight excluding hydrogens is 544 g/mol. The van der Waals surface area contributed by atoms with Gasteiger partial charge in [-0.1, -0.05) is 6.07 Å². The van der Waals surface area contributed by atoms with Crippen LogP contribution in [0.25, 0.3) is 33.3 Å². The zero-order valence-electron chi connectivity index (χ0n) is 22.2. The van der Waals surface area contributed by atoms with Gasteiger partial charge in [0.15, 0.2) is 6.10 Å². The van der Waals surface area contributed by atoms with E-state index in [1.54, 1.807) is 32.2 Å². The molecule has 212 valence electrons. The fourth-order valence-corrected chi connectivity index (χ4v) is 4.81. The lowest BCUT2D eigenvalue weighted by Gasteiger charge is -2.40. The molecule has 0 aliphatic carbocycles. The summed E-state index contributed by atoms with van der Waals surface area (Å²) in [6.45, 7) is 3.04. The maximum absolute atomic E-state index is 14.2. The number of hydrogen-bond donors (Lipinski definition) is 0. The predicted molar refractivity (Wildman–Crippen MR) is 140 cm³/mol. The highest BCUT2D eigenvalue weighted by Crippen LogP contribution is 2.39. The van der Waals surface area contributed by atoms with Crippen molar-refractivity contribution in [2.45, 2.75) is 32.2 Å². The maximum atomic E-state index is 14.2. The van der Waals surface area contributed by atoms with Crippen LogP contribution in [-0.4, -0.2) is 73.7 Å². The fourth-order valence-electron chi connectivity index (χ4n) is 4.81. The lowest BCUT2D eigenvalue weighted by atomic mass is 9.97. The SMILES string of the molecule is CC1CN(c2ncnc3c(-c4cc(C#N)n(C)n4)ccc(-c4cncc(F)c4)c23)CCN1C(=O)O[C@@H](C)C(F)(F)F. The van der Waals surface area contributed by atoms with Gasteiger partial charge < -0.3 is 14.5 Å². The molecule has 1 amide bonds. The van der Waals surface area contributed by atoms with Crippen LogP contribution in [0, 0.1) is 17.1 Å². The van der Waals surface area contributed by atoms with Crippen LogP contribution in [0.3, 0.4) is 0 Å². The summed E-state index contributed by atoms with van der Waals surface area (Å²) in [5, 5.41) is 14.4. The Bertz CT molecular complexity index is 1670. The molecule has 10 nitrogen and oxygen atoms in total. The molecule has 0 spiro atoms. The second-order valence-corrected chi connectivity index (χ2v) is 9.68. The molecule has 1 saturated heterocycles. The first-order valence-corrected chi connectivity index (χ1v) is 12.6. The Labute approximate surface area is 231 Å². The van der Waals surface area contributed by atoms with Crippen molar-refractivity contribution in [3.05, 3.63) is 54.5 Å². The molecule has 3 aromatic heterocycles. The second-order valence-electron chi connectivity index (χ2n) is 9.68. The Kier molecular flexibility index (Phi) is 7.20. The minimum absolute atomic E-state index is 0.0817. The molecule has 4 heterocycles. The van der Waals surface area contributed by atoms with Crippen LogP contribution in [0.2, 0.25) is 0 Å². The third kappa shape index (κ3) is 5.34. The lowest BCUT2D eigenvalue weighted by molar-refractivity contribution is -0.200. The van der Waals surface area contributed by atoms with E-state index in [4.69, 9.17) is 0 Å². The smallest absolute Gasteiger partial charge is 0.425 e. The largest absolute Gasteiger partial charge is 0.437 e. The quantitative estimate of drug-likeness (QED) is 0.326. The first-order valence-electron chi connectivity index (χ1n) is 12.6. The molecule has 5 rings (SSSR count). The minimum Gasteiger partial charge on any atom is -0.437 e. The number of hydrogen-bond acceptors (Lipinski definition) is 8. The number of amides is 1. The number of nitrogens with zero attached hydrogens (tertiary/aromatic N) is 8. The number of pyridine rings is 1. The number of fused-ring (bicyclic) bond motifs is 1. The number of anilines is 1. The third-order valence-electron chi connectivity index (χ3n) is 6.95. The van der Waals surface area contributed by atoms with E-state index in [2.05, 4.69) is 30.9 Å². The van der Waals surface area contributed by atoms with Gasteiger partial charge >= 0.3 is 12.3 Å². The Balaban J connectivity index is 1.57. The van der Waals surface area contributed by atoms with Crippen LogP contribution in [-0.2, 0) is 11.8 Å². The Morgan fingerprint density at radius 3 is 2.59 bits per heavy atom. The first kappa shape index (κ1) is 27.8. The summed E-state index contributed by atoms with van der Waals surface area (Å²) in [6, 6.07) is 8.09. The van der Waals surface area contributed by atoms with Gasteiger partial charge in [0.1, 0.15) is 29.7 Å². The molecular formula is C27H24F4N8O2. The van der Waals surface area contributed by atoms with Gasteiger partial charge in [0.05, 0.1) is 22.8 Å². The van der Waals surface area contributed by atoms with E-state index in [-0.39, 0.29) is 19.6 Å². The van der Waals surface area contributed by atoms with Crippen molar-refractivity contribution in [1.82, 2.24) is 29.6 Å². The zero-order chi connectivity index (χ0) is 29.5. The molecule has 1 fully saturated rings. The van der Waals surface area contributed by atoms with Crippen molar-refractivity contribution in [2.75, 3.05) is 24.5 Å². The highest BCUT2D eigenvalue weighted by atomic mass is 19.4. The van der Waals surface area contributed by atoms with Gasteiger partial charge in [-0.25, -0.2) is 19.2 Å². The third-order valence-corrected chi connectivity index (χ3v) is 6.95. The summed E-state index contributed by atoms with van der Waals surface area (Å²) in [5.74, 6) is -0.0496. The van der Waals surface area contributed by atoms with Crippen LogP contribution in [0.4, 0.5) is 28.2 Å². The van der Waals surface area contributed by atoms with E-state index in [1.165, 1.54) is 28.2 Å². The van der Waals surface area contributed by atoms with E-state index in [0.29, 0.717) is 44.8 Å². The predicted octanol–water partition coefficient (Wildman–Crippen LogP) is 4.70. The van der Waals surface area contributed by atoms with Crippen molar-refractivity contribution in [2.24, 2.45) is 7.05 Å². The van der Waals surface area contributed by atoms with E-state index < -0.39 is 30.2 Å². The van der Waals surface area contributed by atoms with Crippen LogP contribution < -0.4 is 4.90 Å². The highest BCUT2D eigenvalue weighted by Gasteiger charge is 2.41. The number of alkyl halides is 3. The van der Waals surface area contributed by atoms with Crippen LogP contribution in [0.5, 0.6) is 0 Å². The normalized spacial score (nSPS) is 16.5. The van der Waals surface area contributed by atoms with Gasteiger partial charge in [-0.3, -0.25) is 9.67 Å². The summed E-state index contributed by atoms with van der Waals surface area (Å²) in [6.07, 6.45) is -3.97. The topological polar surface area (TPSA) is 113 Å². The highest BCUT2D eigenvalue weighted by molar-refractivity contribution is 6.07. The second kappa shape index (κ2) is 10.6. The Hall–Kier alpha value is -4.80. The summed E-state index contributed by atoms with van der Waals surface area (Å²) >= 11 is 0. The molecule has 41 heavy (non-hydrogen) atoms. The van der Waals surface area contributed by atoms with Crippen molar-refractivity contribution < 1.29 is 27.1 Å². The van der Waals surface area contributed by atoms with Crippen molar-refractivity contribution in [1.29, 1.82) is 5.26 Å². The average Bonchev–Trinajstić information content (AvgIpc) is 3.31. The molecule has 1 aliphatic heterocycles. The number of halogens is 4. The number of aryl methyl sites for hydroxylation is 1. The molecule has 1 unspecified atom stereocenters. The van der Waals surface area contributed by atoms with Crippen molar-refractivity contribution >= 4 is 22.8 Å². The summed E-state index contributed by atoms with van der Waals surface area (Å²) in [7, 11) is 1.65. The van der Waals surface area contributed by atoms with Gasteiger partial charge in [-0.15, -0.1) is 0 Å². The fraction of sp³-hybridized carbons (Fsp3) is 0.333. The van der Waals surface area contributed by atoms with E-state index in [9.17, 15) is 27.6 Å². The van der Waals surface area contributed by atoms with Gasteiger partial charge in [-0.2, -0.15) is 23.5 Å². The molecule has 1 aromatic carbocycles. The molecule has 0 saturated carbocycles. The number of piperazine rings is 1. The van der Waals surface area contributed by atoms with Gasteiger partial charge in [0.25, 0.3) is 0 Å². The first-order chi connectivity index (χ1) is 19.5. The van der Waals surface area contributed by atoms with Crippen molar-refractivity contribution in [3.63, 3.8) is 0 Å². The van der Waals surface area contributed by atoms with E-state index in [0.717, 1.165) is 13.1 Å². The van der Waals surface area contributed by atoms with Gasteiger partial charge in [0.2, 0.25) is 0 Å². The Morgan fingerprint density at radius 2 is 1.93 bits per heavy atom. The molecule has 2 atom stereocenters. The summed E-state index contributed by atoms with van der Waals surface area (Å²) < 4.78 is 59.1. The maximum Gasteiger partial charge on any atom is 0.425 e. The van der Waals surface area contributed by atoms with Gasteiger partial charge in [-0.05, 0) is 31.5 Å².